The molecule has 0 amide bonds. The van der Waals surface area contributed by atoms with Crippen LogP contribution in [0.2, 0.25) is 0 Å². The molecule has 0 heterocycles. The monoisotopic (exact) mass is 243 g/mol. The molecule has 0 aromatic heterocycles. The molecule has 3 heteroatoms. The lowest BCUT2D eigenvalue weighted by Gasteiger charge is -2.14. The van der Waals surface area contributed by atoms with Gasteiger partial charge in [0.05, 0.1) is 21.3 Å². The maximum atomic E-state index is 5.41. The maximum Gasteiger partial charge on any atom is 0.169 e. The van der Waals surface area contributed by atoms with Gasteiger partial charge in [-0.3, -0.25) is 0 Å². The Morgan fingerprint density at radius 1 is 0.833 bits per heavy atom. The first kappa shape index (κ1) is 12.3. The molecule has 0 saturated carbocycles. The normalized spacial score (nSPS) is 9.94. The van der Waals surface area contributed by atoms with Gasteiger partial charge in [0.1, 0.15) is 5.75 Å². The van der Waals surface area contributed by atoms with Crippen molar-refractivity contribution in [3.05, 3.63) is 42.5 Å². The van der Waals surface area contributed by atoms with Gasteiger partial charge < -0.3 is 14.2 Å². The third kappa shape index (κ3) is 2.12. The lowest BCUT2D eigenvalue weighted by molar-refractivity contribution is 0.355. The van der Waals surface area contributed by atoms with Crippen molar-refractivity contribution in [2.24, 2.45) is 0 Å². The Bertz CT molecular complexity index is 535. The van der Waals surface area contributed by atoms with E-state index < -0.39 is 0 Å². The lowest BCUT2D eigenvalue weighted by atomic mass is 10.0. The molecule has 0 N–H and O–H groups in total. The van der Waals surface area contributed by atoms with Gasteiger partial charge in [-0.15, -0.1) is 0 Å². The zero-order valence-electron chi connectivity index (χ0n) is 10.7. The molecular formula is C15H15O3. The van der Waals surface area contributed by atoms with E-state index in [1.54, 1.807) is 21.3 Å². The second-order valence-corrected chi connectivity index (χ2v) is 3.66. The Balaban J connectivity index is 2.63. The Morgan fingerprint density at radius 2 is 1.61 bits per heavy atom. The van der Waals surface area contributed by atoms with Crippen LogP contribution >= 0.6 is 0 Å². The highest BCUT2D eigenvalue weighted by Crippen LogP contribution is 2.40. The van der Waals surface area contributed by atoms with Crippen LogP contribution in [0.15, 0.2) is 36.4 Å². The van der Waals surface area contributed by atoms with Crippen molar-refractivity contribution >= 4 is 0 Å². The first-order chi connectivity index (χ1) is 8.81. The van der Waals surface area contributed by atoms with Crippen LogP contribution in [0.4, 0.5) is 0 Å². The van der Waals surface area contributed by atoms with Gasteiger partial charge in [0.15, 0.2) is 11.5 Å². The SMILES string of the molecule is COc1[c]ccc(-c2ccccc2OC)c1OC. The molecule has 1 radical (unpaired) electrons. The molecule has 0 atom stereocenters. The molecule has 0 aliphatic heterocycles. The van der Waals surface area contributed by atoms with E-state index in [1.807, 2.05) is 36.4 Å². The van der Waals surface area contributed by atoms with E-state index >= 15 is 0 Å². The summed E-state index contributed by atoms with van der Waals surface area (Å²) in [5.74, 6) is 2.04. The summed E-state index contributed by atoms with van der Waals surface area (Å²) in [6.07, 6.45) is 0. The highest BCUT2D eigenvalue weighted by atomic mass is 16.5. The molecular weight excluding hydrogens is 228 g/mol. The van der Waals surface area contributed by atoms with Crippen molar-refractivity contribution < 1.29 is 14.2 Å². The van der Waals surface area contributed by atoms with Crippen LogP contribution in [0.25, 0.3) is 11.1 Å². The fourth-order valence-corrected chi connectivity index (χ4v) is 1.90. The first-order valence-corrected chi connectivity index (χ1v) is 5.58. The molecule has 0 aliphatic rings. The number of hydrogen-bond donors (Lipinski definition) is 0. The van der Waals surface area contributed by atoms with Gasteiger partial charge in [-0.1, -0.05) is 18.2 Å². The smallest absolute Gasteiger partial charge is 0.169 e. The largest absolute Gasteiger partial charge is 0.496 e. The average Bonchev–Trinajstić information content (AvgIpc) is 2.46. The minimum Gasteiger partial charge on any atom is -0.496 e. The standard InChI is InChI=1S/C15H15O3/c1-16-13-9-5-4-7-11(13)12-8-6-10-14(17-2)15(12)18-3/h4-9H,1-3H3. The highest BCUT2D eigenvalue weighted by Gasteiger charge is 2.14. The summed E-state index contributed by atoms with van der Waals surface area (Å²) in [7, 11) is 4.86. The predicted molar refractivity (Wildman–Crippen MR) is 70.4 cm³/mol. The summed E-state index contributed by atoms with van der Waals surface area (Å²) in [6, 6.07) is 14.5. The summed E-state index contributed by atoms with van der Waals surface area (Å²) in [5.41, 5.74) is 1.88. The maximum absolute atomic E-state index is 5.41. The van der Waals surface area contributed by atoms with Crippen molar-refractivity contribution in [1.82, 2.24) is 0 Å². The molecule has 0 unspecified atom stereocenters. The molecule has 18 heavy (non-hydrogen) atoms. The van der Waals surface area contributed by atoms with Crippen molar-refractivity contribution in [2.45, 2.75) is 0 Å². The van der Waals surface area contributed by atoms with E-state index in [4.69, 9.17) is 14.2 Å². The molecule has 0 spiro atoms. The summed E-state index contributed by atoms with van der Waals surface area (Å²) in [4.78, 5) is 0. The van der Waals surface area contributed by atoms with Gasteiger partial charge in [-0.05, 0) is 18.2 Å². The van der Waals surface area contributed by atoms with Crippen LogP contribution in [-0.4, -0.2) is 21.3 Å². The Morgan fingerprint density at radius 3 is 2.28 bits per heavy atom. The number of ether oxygens (including phenoxy) is 3. The minimum absolute atomic E-state index is 0.584. The second-order valence-electron chi connectivity index (χ2n) is 3.66. The van der Waals surface area contributed by atoms with Crippen molar-refractivity contribution in [3.63, 3.8) is 0 Å². The van der Waals surface area contributed by atoms with Crippen LogP contribution < -0.4 is 14.2 Å². The Kier molecular flexibility index (Phi) is 3.72. The molecule has 0 bridgehead atoms. The van der Waals surface area contributed by atoms with Crippen LogP contribution in [0.1, 0.15) is 0 Å². The zero-order chi connectivity index (χ0) is 13.0. The first-order valence-electron chi connectivity index (χ1n) is 5.58. The van der Waals surface area contributed by atoms with Crippen molar-refractivity contribution in [2.75, 3.05) is 21.3 Å². The fraction of sp³-hybridized carbons (Fsp3) is 0.200. The van der Waals surface area contributed by atoms with Crippen LogP contribution in [0, 0.1) is 6.07 Å². The van der Waals surface area contributed by atoms with Gasteiger partial charge >= 0.3 is 0 Å². The second kappa shape index (κ2) is 5.45. The van der Waals surface area contributed by atoms with E-state index in [0.29, 0.717) is 11.5 Å². The summed E-state index contributed by atoms with van der Waals surface area (Å²) in [6.45, 7) is 0. The zero-order valence-corrected chi connectivity index (χ0v) is 10.7. The Hall–Kier alpha value is -2.16. The third-order valence-electron chi connectivity index (χ3n) is 2.72. The van der Waals surface area contributed by atoms with Gasteiger partial charge in [0.2, 0.25) is 0 Å². The topological polar surface area (TPSA) is 27.7 Å². The number of benzene rings is 2. The van der Waals surface area contributed by atoms with Crippen molar-refractivity contribution in [3.8, 4) is 28.4 Å². The van der Waals surface area contributed by atoms with Crippen LogP contribution in [0.5, 0.6) is 17.2 Å². The number of hydrogen-bond acceptors (Lipinski definition) is 3. The van der Waals surface area contributed by atoms with Crippen molar-refractivity contribution in [1.29, 1.82) is 0 Å². The molecule has 0 fully saturated rings. The number of para-hydroxylation sites is 1. The Labute approximate surface area is 107 Å². The summed E-state index contributed by atoms with van der Waals surface area (Å²) >= 11 is 0. The van der Waals surface area contributed by atoms with Crippen LogP contribution in [-0.2, 0) is 0 Å². The number of methoxy groups -OCH3 is 3. The lowest BCUT2D eigenvalue weighted by Crippen LogP contribution is -1.95. The van der Waals surface area contributed by atoms with Gasteiger partial charge in [-0.2, -0.15) is 0 Å². The highest BCUT2D eigenvalue weighted by molar-refractivity contribution is 5.78. The predicted octanol–water partition coefficient (Wildman–Crippen LogP) is 3.18. The van der Waals surface area contributed by atoms with E-state index in [-0.39, 0.29) is 0 Å². The summed E-state index contributed by atoms with van der Waals surface area (Å²) < 4.78 is 16.0. The third-order valence-corrected chi connectivity index (χ3v) is 2.72. The van der Waals surface area contributed by atoms with Gasteiger partial charge in [-0.25, -0.2) is 0 Å². The average molecular weight is 243 g/mol. The number of rotatable bonds is 4. The quantitative estimate of drug-likeness (QED) is 0.825. The van der Waals surface area contributed by atoms with E-state index in [9.17, 15) is 0 Å². The fourth-order valence-electron chi connectivity index (χ4n) is 1.90. The molecule has 2 rings (SSSR count). The molecule has 2 aromatic carbocycles. The van der Waals surface area contributed by atoms with Crippen LogP contribution in [0.3, 0.4) is 0 Å². The van der Waals surface area contributed by atoms with Gasteiger partial charge in [0, 0.05) is 17.2 Å². The van der Waals surface area contributed by atoms with Gasteiger partial charge in [0.25, 0.3) is 0 Å². The van der Waals surface area contributed by atoms with E-state index in [1.165, 1.54) is 0 Å². The molecule has 0 aliphatic carbocycles. The molecule has 2 aromatic rings. The van der Waals surface area contributed by atoms with E-state index in [2.05, 4.69) is 6.07 Å². The molecule has 0 saturated heterocycles. The molecule has 3 nitrogen and oxygen atoms in total. The van der Waals surface area contributed by atoms with E-state index in [0.717, 1.165) is 16.9 Å². The summed E-state index contributed by atoms with van der Waals surface area (Å²) in [5, 5.41) is 0. The minimum atomic E-state index is 0.584. The molecule has 93 valence electrons.